The molecule has 20 heavy (non-hydrogen) atoms. The minimum Gasteiger partial charge on any atom is -0.497 e. The van der Waals surface area contributed by atoms with Crippen molar-refractivity contribution < 1.29 is 4.74 Å². The third-order valence-corrected chi connectivity index (χ3v) is 6.20. The second-order valence-electron chi connectivity index (χ2n) is 5.99. The molecule has 0 spiro atoms. The third-order valence-electron chi connectivity index (χ3n) is 4.95. The van der Waals surface area contributed by atoms with E-state index in [1.54, 1.807) is 17.6 Å². The molecule has 0 saturated heterocycles. The molecule has 1 aromatic heterocycles. The van der Waals surface area contributed by atoms with E-state index < -0.39 is 0 Å². The summed E-state index contributed by atoms with van der Waals surface area (Å²) in [4.78, 5) is 4.33. The third kappa shape index (κ3) is 2.04. The first-order valence-corrected chi connectivity index (χ1v) is 8.49. The molecule has 1 aliphatic heterocycles. The van der Waals surface area contributed by atoms with Crippen LogP contribution in [-0.2, 0) is 12.8 Å². The molecule has 4 rings (SSSR count). The molecule has 106 valence electrons. The molecule has 3 heteroatoms. The molecule has 0 unspecified atom stereocenters. The number of hydrogen-bond donors (Lipinski definition) is 0. The fourth-order valence-corrected chi connectivity index (χ4v) is 4.78. The zero-order chi connectivity index (χ0) is 13.5. The molecule has 1 aromatic carbocycles. The van der Waals surface area contributed by atoms with E-state index in [0.29, 0.717) is 0 Å². The number of hydrogen-bond acceptors (Lipinski definition) is 3. The second kappa shape index (κ2) is 5.05. The molecular weight excluding hydrogens is 266 g/mol. The maximum Gasteiger partial charge on any atom is 0.120 e. The van der Waals surface area contributed by atoms with Gasteiger partial charge in [-0.3, -0.25) is 4.90 Å². The predicted octanol–water partition coefficient (Wildman–Crippen LogP) is 3.86. The highest BCUT2D eigenvalue weighted by atomic mass is 32.1. The van der Waals surface area contributed by atoms with Gasteiger partial charge in [-0.1, -0.05) is 6.42 Å². The zero-order valence-corrected chi connectivity index (χ0v) is 12.8. The standard InChI is InChI=1S/C17H21NOS/c1-19-13-5-6-14-15-7-9-18(12-3-2-4-12)10-8-16(15)20-17(14)11-13/h5-6,11-12H,2-4,7-10H2,1H3. The minimum atomic E-state index is 0.885. The summed E-state index contributed by atoms with van der Waals surface area (Å²) in [6, 6.07) is 7.43. The fourth-order valence-electron chi connectivity index (χ4n) is 3.51. The van der Waals surface area contributed by atoms with Gasteiger partial charge in [0.15, 0.2) is 0 Å². The number of thiophene rings is 1. The molecule has 0 atom stereocenters. The lowest BCUT2D eigenvalue weighted by molar-refractivity contribution is 0.133. The zero-order valence-electron chi connectivity index (χ0n) is 12.0. The summed E-state index contributed by atoms with van der Waals surface area (Å²) in [7, 11) is 1.75. The molecular formula is C17H21NOS. The molecule has 2 nitrogen and oxygen atoms in total. The Morgan fingerprint density at radius 2 is 2.05 bits per heavy atom. The van der Waals surface area contributed by atoms with Crippen molar-refractivity contribution >= 4 is 21.4 Å². The van der Waals surface area contributed by atoms with Crippen molar-refractivity contribution in [1.29, 1.82) is 0 Å². The Morgan fingerprint density at radius 3 is 2.80 bits per heavy atom. The maximum atomic E-state index is 5.35. The molecule has 0 radical (unpaired) electrons. The van der Waals surface area contributed by atoms with E-state index in [4.69, 9.17) is 4.74 Å². The normalized spacial score (nSPS) is 20.4. The number of benzene rings is 1. The summed E-state index contributed by atoms with van der Waals surface area (Å²) >= 11 is 1.98. The first-order valence-electron chi connectivity index (χ1n) is 7.67. The van der Waals surface area contributed by atoms with Gasteiger partial charge in [0.1, 0.15) is 5.75 Å². The SMILES string of the molecule is COc1ccc2c3c(sc2c1)CCN(C1CCC1)CC3. The van der Waals surface area contributed by atoms with Gasteiger partial charge in [-0.2, -0.15) is 0 Å². The van der Waals surface area contributed by atoms with Gasteiger partial charge in [0.05, 0.1) is 7.11 Å². The van der Waals surface area contributed by atoms with Gasteiger partial charge in [0, 0.05) is 28.7 Å². The Bertz CT molecular complexity index is 629. The number of methoxy groups -OCH3 is 1. The van der Waals surface area contributed by atoms with Crippen molar-refractivity contribution in [2.24, 2.45) is 0 Å². The van der Waals surface area contributed by atoms with E-state index in [9.17, 15) is 0 Å². The molecule has 0 amide bonds. The van der Waals surface area contributed by atoms with Crippen LogP contribution in [0, 0.1) is 0 Å². The van der Waals surface area contributed by atoms with E-state index in [2.05, 4.69) is 23.1 Å². The molecule has 1 saturated carbocycles. The van der Waals surface area contributed by atoms with Gasteiger partial charge in [-0.25, -0.2) is 0 Å². The van der Waals surface area contributed by atoms with Gasteiger partial charge in [0.2, 0.25) is 0 Å². The Labute approximate surface area is 124 Å². The van der Waals surface area contributed by atoms with Crippen molar-refractivity contribution in [3.8, 4) is 5.75 Å². The summed E-state index contributed by atoms with van der Waals surface area (Å²) in [5.74, 6) is 0.977. The van der Waals surface area contributed by atoms with Crippen molar-refractivity contribution in [3.05, 3.63) is 28.6 Å². The minimum absolute atomic E-state index is 0.885. The van der Waals surface area contributed by atoms with Crippen LogP contribution >= 0.6 is 11.3 Å². The Kier molecular flexibility index (Phi) is 3.20. The molecule has 0 bridgehead atoms. The highest BCUT2D eigenvalue weighted by Crippen LogP contribution is 2.37. The highest BCUT2D eigenvalue weighted by molar-refractivity contribution is 7.19. The average molecular weight is 287 g/mol. The van der Waals surface area contributed by atoms with Crippen LogP contribution in [0.3, 0.4) is 0 Å². The smallest absolute Gasteiger partial charge is 0.120 e. The Balaban J connectivity index is 1.64. The summed E-state index contributed by atoms with van der Waals surface area (Å²) < 4.78 is 6.74. The lowest BCUT2D eigenvalue weighted by Crippen LogP contribution is -2.41. The van der Waals surface area contributed by atoms with E-state index in [-0.39, 0.29) is 0 Å². The van der Waals surface area contributed by atoms with Crippen LogP contribution in [0.25, 0.3) is 10.1 Å². The van der Waals surface area contributed by atoms with Crippen LogP contribution in [0.1, 0.15) is 29.7 Å². The number of fused-ring (bicyclic) bond motifs is 3. The van der Waals surface area contributed by atoms with Crippen LogP contribution in [0.2, 0.25) is 0 Å². The van der Waals surface area contributed by atoms with E-state index in [0.717, 1.165) is 11.8 Å². The average Bonchev–Trinajstić information content (AvgIpc) is 2.64. The Hall–Kier alpha value is -1.06. The summed E-state index contributed by atoms with van der Waals surface area (Å²) in [6.45, 7) is 2.50. The molecule has 1 aliphatic carbocycles. The van der Waals surface area contributed by atoms with Crippen LogP contribution < -0.4 is 4.74 Å². The number of nitrogens with zero attached hydrogens (tertiary/aromatic N) is 1. The first-order chi connectivity index (χ1) is 9.85. The fraction of sp³-hybridized carbons (Fsp3) is 0.529. The topological polar surface area (TPSA) is 12.5 Å². The van der Waals surface area contributed by atoms with Gasteiger partial charge in [-0.05, 0) is 54.8 Å². The predicted molar refractivity (Wildman–Crippen MR) is 85.0 cm³/mol. The van der Waals surface area contributed by atoms with Crippen molar-refractivity contribution in [2.75, 3.05) is 20.2 Å². The number of ether oxygens (including phenoxy) is 1. The van der Waals surface area contributed by atoms with Crippen molar-refractivity contribution in [1.82, 2.24) is 4.90 Å². The lowest BCUT2D eigenvalue weighted by atomic mass is 9.91. The maximum absolute atomic E-state index is 5.35. The quantitative estimate of drug-likeness (QED) is 0.831. The van der Waals surface area contributed by atoms with Crippen LogP contribution in [0.5, 0.6) is 5.75 Å². The van der Waals surface area contributed by atoms with Gasteiger partial charge >= 0.3 is 0 Å². The largest absolute Gasteiger partial charge is 0.497 e. The van der Waals surface area contributed by atoms with Crippen LogP contribution in [0.4, 0.5) is 0 Å². The summed E-state index contributed by atoms with van der Waals surface area (Å²) in [5.41, 5.74) is 1.61. The second-order valence-corrected chi connectivity index (χ2v) is 7.12. The van der Waals surface area contributed by atoms with Crippen molar-refractivity contribution in [3.63, 3.8) is 0 Å². The molecule has 1 fully saturated rings. The molecule has 2 aromatic rings. The molecule has 2 heterocycles. The summed E-state index contributed by atoms with van der Waals surface area (Å²) in [5, 5.41) is 1.46. The lowest BCUT2D eigenvalue weighted by Gasteiger charge is -2.36. The summed E-state index contributed by atoms with van der Waals surface area (Å²) in [6.07, 6.45) is 6.73. The van der Waals surface area contributed by atoms with Gasteiger partial charge in [-0.15, -0.1) is 11.3 Å². The van der Waals surface area contributed by atoms with E-state index >= 15 is 0 Å². The first kappa shape index (κ1) is 12.7. The highest BCUT2D eigenvalue weighted by Gasteiger charge is 2.27. The van der Waals surface area contributed by atoms with Crippen molar-refractivity contribution in [2.45, 2.75) is 38.1 Å². The molecule has 0 N–H and O–H groups in total. The number of rotatable bonds is 2. The van der Waals surface area contributed by atoms with Crippen LogP contribution in [-0.4, -0.2) is 31.1 Å². The van der Waals surface area contributed by atoms with E-state index in [1.165, 1.54) is 55.3 Å². The van der Waals surface area contributed by atoms with Crippen LogP contribution in [0.15, 0.2) is 18.2 Å². The van der Waals surface area contributed by atoms with Gasteiger partial charge < -0.3 is 4.74 Å². The Morgan fingerprint density at radius 1 is 1.20 bits per heavy atom. The molecule has 2 aliphatic rings. The van der Waals surface area contributed by atoms with Gasteiger partial charge in [0.25, 0.3) is 0 Å². The van der Waals surface area contributed by atoms with E-state index in [1.807, 2.05) is 11.3 Å². The monoisotopic (exact) mass is 287 g/mol.